The Hall–Kier alpha value is -0.840. The molecule has 1 aromatic carbocycles. The monoisotopic (exact) mass is 278 g/mol. The average molecular weight is 279 g/mol. The van der Waals surface area contributed by atoms with E-state index in [-0.39, 0.29) is 10.3 Å². The molecule has 0 heterocycles. The van der Waals surface area contributed by atoms with Gasteiger partial charge in [-0.3, -0.25) is 4.79 Å². The first-order valence-electron chi connectivity index (χ1n) is 4.32. The fraction of sp³-hybridized carbons (Fsp3) is 0.300. The lowest BCUT2D eigenvalue weighted by Gasteiger charge is -2.10. The second-order valence-corrected chi connectivity index (χ2v) is 4.26. The molecule has 2 rings (SSSR count). The number of hydrogen-bond acceptors (Lipinski definition) is 1. The summed E-state index contributed by atoms with van der Waals surface area (Å²) in [5.74, 6) is -0.0839. The third-order valence-corrected chi connectivity index (χ3v) is 3.08. The highest BCUT2D eigenvalue weighted by Crippen LogP contribution is 2.38. The number of fused-ring (bicyclic) bond motifs is 1. The zero-order valence-electron chi connectivity index (χ0n) is 7.49. The summed E-state index contributed by atoms with van der Waals surface area (Å²) < 4.78 is 37.4. The first-order valence-corrected chi connectivity index (χ1v) is 5.11. The van der Waals surface area contributed by atoms with E-state index < -0.39 is 11.7 Å². The summed E-state index contributed by atoms with van der Waals surface area (Å²) in [7, 11) is 0. The Kier molecular flexibility index (Phi) is 2.37. The summed E-state index contributed by atoms with van der Waals surface area (Å²) in [5, 5.41) is 0. The number of Topliss-reactive ketones (excluding diaryl/α,β-unsaturated/α-hetero) is 1. The molecular formula is C10H6BrF3O. The summed E-state index contributed by atoms with van der Waals surface area (Å²) in [5.41, 5.74) is 0.196. The summed E-state index contributed by atoms with van der Waals surface area (Å²) in [6, 6.07) is 2.33. The van der Waals surface area contributed by atoms with Crippen molar-refractivity contribution < 1.29 is 18.0 Å². The van der Waals surface area contributed by atoms with Crippen molar-refractivity contribution in [2.75, 3.05) is 0 Å². The molecule has 5 heteroatoms. The van der Waals surface area contributed by atoms with Gasteiger partial charge in [0, 0.05) is 16.5 Å². The molecule has 0 N–H and O–H groups in total. The van der Waals surface area contributed by atoms with Crippen molar-refractivity contribution in [1.82, 2.24) is 0 Å². The number of benzene rings is 1. The number of hydrogen-bond donors (Lipinski definition) is 0. The Labute approximate surface area is 92.4 Å². The van der Waals surface area contributed by atoms with Crippen LogP contribution in [-0.2, 0) is 12.6 Å². The molecule has 0 fully saturated rings. The van der Waals surface area contributed by atoms with Crippen LogP contribution in [0.2, 0.25) is 0 Å². The van der Waals surface area contributed by atoms with Gasteiger partial charge >= 0.3 is 6.18 Å². The fourth-order valence-corrected chi connectivity index (χ4v) is 2.25. The van der Waals surface area contributed by atoms with E-state index in [2.05, 4.69) is 15.9 Å². The number of carbonyl (C=O) groups is 1. The molecule has 0 aromatic heterocycles. The molecular weight excluding hydrogens is 273 g/mol. The molecule has 80 valence electrons. The lowest BCUT2D eigenvalue weighted by atomic mass is 10.1. The Bertz CT molecular complexity index is 437. The van der Waals surface area contributed by atoms with Gasteiger partial charge < -0.3 is 0 Å². The van der Waals surface area contributed by atoms with E-state index in [1.807, 2.05) is 0 Å². The quantitative estimate of drug-likeness (QED) is 0.709. The van der Waals surface area contributed by atoms with E-state index >= 15 is 0 Å². The van der Waals surface area contributed by atoms with Crippen molar-refractivity contribution in [3.8, 4) is 0 Å². The van der Waals surface area contributed by atoms with Gasteiger partial charge in [-0.25, -0.2) is 0 Å². The molecule has 1 aliphatic rings. The van der Waals surface area contributed by atoms with Crippen molar-refractivity contribution in [3.63, 3.8) is 0 Å². The maximum atomic E-state index is 12.5. The number of rotatable bonds is 0. The predicted octanol–water partition coefficient (Wildman–Crippen LogP) is 3.60. The van der Waals surface area contributed by atoms with Crippen LogP contribution >= 0.6 is 15.9 Å². The lowest BCUT2D eigenvalue weighted by molar-refractivity contribution is -0.138. The molecule has 0 spiro atoms. The van der Waals surface area contributed by atoms with Crippen molar-refractivity contribution in [2.45, 2.75) is 19.0 Å². The second-order valence-electron chi connectivity index (χ2n) is 3.41. The highest BCUT2D eigenvalue weighted by molar-refractivity contribution is 9.10. The van der Waals surface area contributed by atoms with Crippen LogP contribution in [0.4, 0.5) is 13.2 Å². The number of aryl methyl sites for hydroxylation is 1. The van der Waals surface area contributed by atoms with Crippen LogP contribution in [0.1, 0.15) is 27.9 Å². The van der Waals surface area contributed by atoms with E-state index in [9.17, 15) is 18.0 Å². The van der Waals surface area contributed by atoms with Gasteiger partial charge in [0.15, 0.2) is 5.78 Å². The van der Waals surface area contributed by atoms with Crippen LogP contribution in [0.5, 0.6) is 0 Å². The van der Waals surface area contributed by atoms with Crippen LogP contribution in [0, 0.1) is 0 Å². The average Bonchev–Trinajstić information content (AvgIpc) is 2.45. The van der Waals surface area contributed by atoms with Gasteiger partial charge in [-0.15, -0.1) is 0 Å². The molecule has 0 unspecified atom stereocenters. The molecule has 0 saturated carbocycles. The molecule has 0 atom stereocenters. The number of halogens is 4. The van der Waals surface area contributed by atoms with Crippen molar-refractivity contribution in [1.29, 1.82) is 0 Å². The first kappa shape index (κ1) is 10.7. The Balaban J connectivity index is 2.59. The molecule has 0 radical (unpaired) electrons. The summed E-state index contributed by atoms with van der Waals surface area (Å²) >= 11 is 2.84. The van der Waals surface area contributed by atoms with Crippen molar-refractivity contribution >= 4 is 21.7 Å². The molecule has 0 aliphatic heterocycles. The van der Waals surface area contributed by atoms with Crippen LogP contribution in [0.3, 0.4) is 0 Å². The zero-order valence-corrected chi connectivity index (χ0v) is 9.08. The van der Waals surface area contributed by atoms with E-state index in [0.717, 1.165) is 6.07 Å². The maximum absolute atomic E-state index is 12.5. The summed E-state index contributed by atoms with van der Waals surface area (Å²) in [6.07, 6.45) is -3.66. The fourth-order valence-electron chi connectivity index (χ4n) is 1.68. The molecule has 1 nitrogen and oxygen atoms in total. The predicted molar refractivity (Wildman–Crippen MR) is 51.8 cm³/mol. The van der Waals surface area contributed by atoms with Gasteiger partial charge in [-0.05, 0) is 24.1 Å². The third kappa shape index (κ3) is 1.80. The highest BCUT2D eigenvalue weighted by atomic mass is 79.9. The maximum Gasteiger partial charge on any atom is 0.417 e. The first-order chi connectivity index (χ1) is 6.89. The normalized spacial score (nSPS) is 15.6. The minimum absolute atomic E-state index is 0.0657. The van der Waals surface area contributed by atoms with Gasteiger partial charge in [0.2, 0.25) is 0 Å². The molecule has 1 aromatic rings. The lowest BCUT2D eigenvalue weighted by Crippen LogP contribution is -2.07. The largest absolute Gasteiger partial charge is 0.417 e. The Morgan fingerprint density at radius 1 is 1.20 bits per heavy atom. The molecule has 0 saturated heterocycles. The minimum Gasteiger partial charge on any atom is -0.294 e. The smallest absolute Gasteiger partial charge is 0.294 e. The summed E-state index contributed by atoms with van der Waals surface area (Å²) in [6.45, 7) is 0. The number of carbonyl (C=O) groups excluding carboxylic acids is 1. The van der Waals surface area contributed by atoms with Gasteiger partial charge in [0.05, 0.1) is 5.56 Å². The van der Waals surface area contributed by atoms with Gasteiger partial charge in [-0.2, -0.15) is 13.2 Å². The van der Waals surface area contributed by atoms with Gasteiger partial charge in [-0.1, -0.05) is 15.9 Å². The summed E-state index contributed by atoms with van der Waals surface area (Å²) in [4.78, 5) is 11.3. The van der Waals surface area contributed by atoms with E-state index in [1.165, 1.54) is 6.07 Å². The second kappa shape index (κ2) is 3.33. The van der Waals surface area contributed by atoms with Crippen LogP contribution in [0.15, 0.2) is 16.6 Å². The van der Waals surface area contributed by atoms with Crippen LogP contribution in [-0.4, -0.2) is 5.78 Å². The minimum atomic E-state index is -4.38. The van der Waals surface area contributed by atoms with Crippen molar-refractivity contribution in [3.05, 3.63) is 33.3 Å². The van der Waals surface area contributed by atoms with E-state index in [4.69, 9.17) is 0 Å². The number of ketones is 1. The van der Waals surface area contributed by atoms with E-state index in [0.29, 0.717) is 24.0 Å². The van der Waals surface area contributed by atoms with Crippen LogP contribution < -0.4 is 0 Å². The molecule has 1 aliphatic carbocycles. The van der Waals surface area contributed by atoms with Crippen LogP contribution in [0.25, 0.3) is 0 Å². The molecule has 0 amide bonds. The van der Waals surface area contributed by atoms with Crippen molar-refractivity contribution in [2.24, 2.45) is 0 Å². The SMILES string of the molecule is O=C1CCc2cc(C(F)(F)F)c(Br)cc21. The molecule has 0 bridgehead atoms. The van der Waals surface area contributed by atoms with E-state index in [1.54, 1.807) is 0 Å². The topological polar surface area (TPSA) is 17.1 Å². The number of alkyl halides is 3. The third-order valence-electron chi connectivity index (χ3n) is 2.42. The zero-order chi connectivity index (χ0) is 11.2. The standard InChI is InChI=1S/C10H6BrF3O/c11-8-4-6-5(1-2-9(6)15)3-7(8)10(12,13)14/h3-4H,1-2H2. The Morgan fingerprint density at radius 2 is 1.87 bits per heavy atom. The van der Waals surface area contributed by atoms with Gasteiger partial charge in [0.1, 0.15) is 0 Å². The highest BCUT2D eigenvalue weighted by Gasteiger charge is 2.35. The molecule has 15 heavy (non-hydrogen) atoms. The Morgan fingerprint density at radius 3 is 2.47 bits per heavy atom. The van der Waals surface area contributed by atoms with Gasteiger partial charge in [0.25, 0.3) is 0 Å².